The van der Waals surface area contributed by atoms with Crippen LogP contribution in [0.25, 0.3) is 0 Å². The Morgan fingerprint density at radius 1 is 1.31 bits per heavy atom. The minimum atomic E-state index is -0.779. The smallest absolute Gasteiger partial charge is 0.309 e. The van der Waals surface area contributed by atoms with E-state index in [2.05, 4.69) is 0 Å². The molecule has 2 aliphatic heterocycles. The van der Waals surface area contributed by atoms with Crippen LogP contribution in [0, 0.1) is 11.8 Å². The van der Waals surface area contributed by atoms with Gasteiger partial charge >= 0.3 is 5.97 Å². The van der Waals surface area contributed by atoms with Crippen molar-refractivity contribution in [3.63, 3.8) is 0 Å². The van der Waals surface area contributed by atoms with Crippen LogP contribution in [0.3, 0.4) is 0 Å². The largest absolute Gasteiger partial charge is 0.496 e. The zero-order valence-electron chi connectivity index (χ0n) is 14.8. The van der Waals surface area contributed by atoms with E-state index in [4.69, 9.17) is 21.1 Å². The summed E-state index contributed by atoms with van der Waals surface area (Å²) >= 11 is 6.03. The number of carbonyl (C=O) groups is 2. The Labute approximate surface area is 158 Å². The van der Waals surface area contributed by atoms with Gasteiger partial charge in [-0.15, -0.1) is 0 Å². The van der Waals surface area contributed by atoms with E-state index in [1.165, 1.54) is 0 Å². The van der Waals surface area contributed by atoms with Crippen molar-refractivity contribution in [2.24, 2.45) is 11.8 Å². The number of rotatable bonds is 5. The van der Waals surface area contributed by atoms with Crippen molar-refractivity contribution >= 4 is 23.5 Å². The molecule has 3 rings (SSSR count). The molecule has 7 heteroatoms. The van der Waals surface area contributed by atoms with Crippen molar-refractivity contribution in [1.29, 1.82) is 0 Å². The number of nitrogens with zero attached hydrogens (tertiary/aromatic N) is 1. The third kappa shape index (κ3) is 4.13. The fourth-order valence-electron chi connectivity index (χ4n) is 3.98. The first-order chi connectivity index (χ1) is 12.5. The summed E-state index contributed by atoms with van der Waals surface area (Å²) in [6, 6.07) is 5.26. The maximum absolute atomic E-state index is 12.6. The van der Waals surface area contributed by atoms with Gasteiger partial charge in [0.25, 0.3) is 0 Å². The lowest BCUT2D eigenvalue weighted by atomic mass is 9.84. The number of hydrogen-bond acceptors (Lipinski definition) is 4. The second-order valence-electron chi connectivity index (χ2n) is 6.92. The molecular weight excluding hydrogens is 358 g/mol. The average molecular weight is 382 g/mol. The maximum Gasteiger partial charge on any atom is 0.309 e. The Balaban J connectivity index is 1.57. The number of hydrogen-bond donors (Lipinski definition) is 1. The van der Waals surface area contributed by atoms with E-state index in [0.29, 0.717) is 36.9 Å². The van der Waals surface area contributed by atoms with Crippen molar-refractivity contribution in [1.82, 2.24) is 4.90 Å². The number of carboxylic acid groups (broad SMARTS) is 1. The summed E-state index contributed by atoms with van der Waals surface area (Å²) in [4.78, 5) is 25.8. The lowest BCUT2D eigenvalue weighted by molar-refractivity contribution is -0.145. The third-order valence-electron chi connectivity index (χ3n) is 5.39. The number of carboxylic acids is 1. The van der Waals surface area contributed by atoms with Gasteiger partial charge < -0.3 is 19.5 Å². The van der Waals surface area contributed by atoms with Gasteiger partial charge in [-0.05, 0) is 43.4 Å². The minimum absolute atomic E-state index is 0.0335. The van der Waals surface area contributed by atoms with Gasteiger partial charge in [-0.2, -0.15) is 0 Å². The fourth-order valence-corrected chi connectivity index (χ4v) is 4.17. The molecule has 6 nitrogen and oxygen atoms in total. The van der Waals surface area contributed by atoms with E-state index in [1.807, 2.05) is 4.90 Å². The van der Waals surface area contributed by atoms with Crippen LogP contribution in [-0.2, 0) is 20.7 Å². The van der Waals surface area contributed by atoms with Crippen molar-refractivity contribution in [2.75, 3.05) is 26.8 Å². The standard InChI is InChI=1S/C19H24ClNO5/c1-25-16-3-2-14(20)10-13(16)11-17(22)21-7-4-12(5-8-21)18-15(19(23)24)6-9-26-18/h2-3,10,12,15,18H,4-9,11H2,1H3,(H,23,24)/t15?,18-/m0/s1. The number of carbonyl (C=O) groups excluding carboxylic acids is 1. The molecule has 2 atom stereocenters. The lowest BCUT2D eigenvalue weighted by Gasteiger charge is -2.35. The minimum Gasteiger partial charge on any atom is -0.496 e. The number of aliphatic carboxylic acids is 1. The van der Waals surface area contributed by atoms with Crippen LogP contribution in [0.15, 0.2) is 18.2 Å². The molecule has 1 unspecified atom stereocenters. The molecule has 1 aromatic carbocycles. The van der Waals surface area contributed by atoms with Crippen molar-refractivity contribution in [2.45, 2.75) is 31.8 Å². The number of ether oxygens (including phenoxy) is 2. The number of benzene rings is 1. The van der Waals surface area contributed by atoms with E-state index >= 15 is 0 Å². The number of halogens is 1. The highest BCUT2D eigenvalue weighted by Gasteiger charge is 2.40. The molecule has 1 N–H and O–H groups in total. The van der Waals surface area contributed by atoms with E-state index in [-0.39, 0.29) is 24.3 Å². The van der Waals surface area contributed by atoms with E-state index in [1.54, 1.807) is 25.3 Å². The highest BCUT2D eigenvalue weighted by molar-refractivity contribution is 6.30. The Kier molecular flexibility index (Phi) is 6.04. The van der Waals surface area contributed by atoms with Gasteiger partial charge in [0.15, 0.2) is 0 Å². The third-order valence-corrected chi connectivity index (χ3v) is 5.63. The first kappa shape index (κ1) is 19.0. The monoisotopic (exact) mass is 381 g/mol. The highest BCUT2D eigenvalue weighted by atomic mass is 35.5. The predicted octanol–water partition coefficient (Wildman–Crippen LogP) is 2.62. The van der Waals surface area contributed by atoms with Gasteiger partial charge in [0, 0.05) is 30.3 Å². The van der Waals surface area contributed by atoms with Gasteiger partial charge in [-0.1, -0.05) is 11.6 Å². The Morgan fingerprint density at radius 2 is 2.04 bits per heavy atom. The molecular formula is C19H24ClNO5. The molecule has 0 saturated carbocycles. The summed E-state index contributed by atoms with van der Waals surface area (Å²) in [5.41, 5.74) is 0.775. The highest BCUT2D eigenvalue weighted by Crippen LogP contribution is 2.33. The predicted molar refractivity (Wildman–Crippen MR) is 96.5 cm³/mol. The zero-order valence-corrected chi connectivity index (χ0v) is 15.6. The van der Waals surface area contributed by atoms with Gasteiger partial charge in [0.2, 0.25) is 5.91 Å². The van der Waals surface area contributed by atoms with Crippen LogP contribution in [0.5, 0.6) is 5.75 Å². The van der Waals surface area contributed by atoms with Crippen molar-refractivity contribution < 1.29 is 24.2 Å². The fraction of sp³-hybridized carbons (Fsp3) is 0.579. The molecule has 1 amide bonds. The molecule has 0 radical (unpaired) electrons. The van der Waals surface area contributed by atoms with Gasteiger partial charge in [-0.25, -0.2) is 0 Å². The van der Waals surface area contributed by atoms with Crippen LogP contribution in [-0.4, -0.2) is 54.8 Å². The van der Waals surface area contributed by atoms with Crippen LogP contribution >= 0.6 is 11.6 Å². The molecule has 2 heterocycles. The summed E-state index contributed by atoms with van der Waals surface area (Å²) in [5, 5.41) is 9.90. The average Bonchev–Trinajstić information content (AvgIpc) is 3.12. The lowest BCUT2D eigenvalue weighted by Crippen LogP contribution is -2.43. The van der Waals surface area contributed by atoms with Gasteiger partial charge in [-0.3, -0.25) is 9.59 Å². The van der Waals surface area contributed by atoms with Crippen LogP contribution < -0.4 is 4.74 Å². The van der Waals surface area contributed by atoms with Crippen LogP contribution in [0.4, 0.5) is 0 Å². The summed E-state index contributed by atoms with van der Waals surface area (Å²) in [5.74, 6) is -0.312. The summed E-state index contributed by atoms with van der Waals surface area (Å²) in [6.45, 7) is 1.76. The Morgan fingerprint density at radius 3 is 2.69 bits per heavy atom. The van der Waals surface area contributed by atoms with E-state index in [9.17, 15) is 14.7 Å². The maximum atomic E-state index is 12.6. The zero-order chi connectivity index (χ0) is 18.7. The molecule has 1 aromatic rings. The molecule has 26 heavy (non-hydrogen) atoms. The molecule has 0 spiro atoms. The Hall–Kier alpha value is -1.79. The molecule has 0 aromatic heterocycles. The van der Waals surface area contributed by atoms with E-state index < -0.39 is 11.9 Å². The normalized spacial score (nSPS) is 23.8. The molecule has 2 fully saturated rings. The van der Waals surface area contributed by atoms with Gasteiger partial charge in [0.05, 0.1) is 25.6 Å². The Bertz CT molecular complexity index is 672. The number of methoxy groups -OCH3 is 1. The summed E-state index contributed by atoms with van der Waals surface area (Å²) in [6.07, 6.45) is 2.14. The van der Waals surface area contributed by atoms with Crippen LogP contribution in [0.1, 0.15) is 24.8 Å². The number of piperidine rings is 1. The topological polar surface area (TPSA) is 76.1 Å². The summed E-state index contributed by atoms with van der Waals surface area (Å²) < 4.78 is 11.0. The first-order valence-electron chi connectivity index (χ1n) is 8.94. The molecule has 2 aliphatic rings. The molecule has 0 aliphatic carbocycles. The molecule has 0 bridgehead atoms. The molecule has 142 valence electrons. The second kappa shape index (κ2) is 8.27. The molecule has 2 saturated heterocycles. The first-order valence-corrected chi connectivity index (χ1v) is 9.32. The second-order valence-corrected chi connectivity index (χ2v) is 7.36. The van der Waals surface area contributed by atoms with Crippen molar-refractivity contribution in [3.05, 3.63) is 28.8 Å². The SMILES string of the molecule is COc1ccc(Cl)cc1CC(=O)N1CCC([C@@H]2OCCC2C(=O)O)CC1. The quantitative estimate of drug-likeness (QED) is 0.848. The number of amides is 1. The number of likely N-dealkylation sites (tertiary alicyclic amines) is 1. The van der Waals surface area contributed by atoms with Crippen LogP contribution in [0.2, 0.25) is 5.02 Å². The van der Waals surface area contributed by atoms with Crippen molar-refractivity contribution in [3.8, 4) is 5.75 Å². The summed E-state index contributed by atoms with van der Waals surface area (Å²) in [7, 11) is 1.57. The van der Waals surface area contributed by atoms with E-state index in [0.717, 1.165) is 18.4 Å². The van der Waals surface area contributed by atoms with Gasteiger partial charge in [0.1, 0.15) is 5.75 Å².